The second-order valence-corrected chi connectivity index (χ2v) is 23.3. The number of rotatable bonds is 13. The van der Waals surface area contributed by atoms with Crippen molar-refractivity contribution in [1.82, 2.24) is 15.1 Å². The van der Waals surface area contributed by atoms with Crippen LogP contribution in [-0.2, 0) is 34.8 Å². The molecule has 0 bridgehead atoms. The van der Waals surface area contributed by atoms with Gasteiger partial charge in [-0.2, -0.15) is 0 Å². The number of ether oxygens (including phenoxy) is 3. The molecule has 0 saturated carbocycles. The molecule has 0 radical (unpaired) electrons. The molecule has 1 saturated heterocycles. The maximum atomic E-state index is 15.0. The Bertz CT molecular complexity index is 2160. The van der Waals surface area contributed by atoms with Crippen molar-refractivity contribution in [3.63, 3.8) is 0 Å². The van der Waals surface area contributed by atoms with Crippen molar-refractivity contribution < 1.29 is 52.5 Å². The van der Waals surface area contributed by atoms with Gasteiger partial charge < -0.3 is 29.1 Å². The van der Waals surface area contributed by atoms with Crippen LogP contribution in [0, 0.1) is 5.92 Å². The third-order valence-electron chi connectivity index (χ3n) is 11.1. The van der Waals surface area contributed by atoms with Crippen molar-refractivity contribution in [1.29, 1.82) is 0 Å². The second-order valence-electron chi connectivity index (χ2n) is 17.0. The molecule has 0 aromatic heterocycles. The molecule has 0 spiro atoms. The highest BCUT2D eigenvalue weighted by atomic mass is 35.5. The van der Waals surface area contributed by atoms with Crippen LogP contribution in [0.3, 0.4) is 0 Å². The minimum Gasteiger partial charge on any atom is -0.453 e. The summed E-state index contributed by atoms with van der Waals surface area (Å²) in [5.74, 6) is -5.54. The third-order valence-corrected chi connectivity index (χ3v) is 17.4. The summed E-state index contributed by atoms with van der Waals surface area (Å²) in [6.45, 7) is 14.0. The van der Waals surface area contributed by atoms with E-state index >= 15 is 0 Å². The first kappa shape index (κ1) is 49.0. The van der Waals surface area contributed by atoms with E-state index in [2.05, 4.69) is 5.32 Å². The monoisotopic (exact) mass is 951 g/mol. The first-order valence-corrected chi connectivity index (χ1v) is 24.2. The molecule has 14 nitrogen and oxygen atoms in total. The van der Waals surface area contributed by atoms with Crippen LogP contribution in [0.25, 0.3) is 0 Å². The maximum absolute atomic E-state index is 15.0. The summed E-state index contributed by atoms with van der Waals surface area (Å²) in [6.07, 6.45) is -8.25. The number of nitrogens with one attached hydrogen (secondary N) is 1. The summed E-state index contributed by atoms with van der Waals surface area (Å²) in [6, 6.07) is 13.0. The van der Waals surface area contributed by atoms with Gasteiger partial charge in [-0.3, -0.25) is 29.0 Å². The smallest absolute Gasteiger partial charge is 0.408 e. The van der Waals surface area contributed by atoms with Crippen LogP contribution >= 0.6 is 46.4 Å². The lowest BCUT2D eigenvalue weighted by molar-refractivity contribution is -0.237. The average molecular weight is 954 g/mol. The Hall–Kier alpha value is -4.06. The molecule has 19 heteroatoms. The van der Waals surface area contributed by atoms with Crippen molar-refractivity contribution in [3.8, 4) is 0 Å². The zero-order valence-electron chi connectivity index (χ0n) is 35.4. The molecular formula is C43H49Cl4N3O11Si. The number of benzene rings is 3. The van der Waals surface area contributed by atoms with Gasteiger partial charge in [0.05, 0.1) is 43.4 Å². The first-order valence-electron chi connectivity index (χ1n) is 19.8. The maximum Gasteiger partial charge on any atom is 0.408 e. The highest BCUT2D eigenvalue weighted by Gasteiger charge is 2.59. The number of halogens is 4. The molecule has 1 fully saturated rings. The van der Waals surface area contributed by atoms with Crippen molar-refractivity contribution in [2.45, 2.75) is 109 Å². The Morgan fingerprint density at radius 3 is 1.92 bits per heavy atom. The number of nitrogens with zero attached hydrogens (tertiary/aromatic N) is 2. The molecule has 2 aliphatic heterocycles. The standard InChI is InChI=1S/C43H49Cl4N3O11Si/c1-22(2)19-26(48-42(57)58-20-24-15-11-9-12-16-24)37(53)49(23(3)51)40-34(50-38(54)28-29(39(50)55)31(45)33(47)32(46)30(28)44)36(61-41(56)25-17-13-10-14-18-25)35(52)27(60-40)21-59-62(7,8)43(4,5)6/h9-18,22,26-27,34-36,40,52H,19-21H2,1-8H3,(H,48,57)/t26-,27+,34+,35+,36+,40+/m0/s1. The molecule has 3 aromatic carbocycles. The zero-order valence-corrected chi connectivity index (χ0v) is 39.4. The Labute approximate surface area is 381 Å². The lowest BCUT2D eigenvalue weighted by atomic mass is 9.92. The number of esters is 1. The van der Waals surface area contributed by atoms with Gasteiger partial charge in [0.15, 0.2) is 20.6 Å². The summed E-state index contributed by atoms with van der Waals surface area (Å²) in [4.78, 5) is 86.6. The van der Waals surface area contributed by atoms with E-state index in [0.29, 0.717) is 15.4 Å². The number of carbonyl (C=O) groups excluding carboxylic acids is 6. The van der Waals surface area contributed by atoms with E-state index in [4.69, 9.17) is 65.0 Å². The van der Waals surface area contributed by atoms with Gasteiger partial charge in [-0.25, -0.2) is 9.59 Å². The van der Waals surface area contributed by atoms with Gasteiger partial charge in [-0.15, -0.1) is 0 Å². The van der Waals surface area contributed by atoms with E-state index in [1.54, 1.807) is 62.4 Å². The molecule has 5 amide bonds. The SMILES string of the molecule is CC(=O)N(C(=O)[C@H](CC(C)C)NC(=O)OCc1ccccc1)[C@@H]1O[C@H](CO[Si](C)(C)C(C)(C)C)[C@@H](O)[C@H](OC(=O)c2ccccc2)[C@H]1N1C(=O)c2c(Cl)c(Cl)c(Cl)c(Cl)c2C1=O. The molecule has 2 N–H and O–H groups in total. The number of hydrogen-bond donors (Lipinski definition) is 2. The van der Waals surface area contributed by atoms with Crippen molar-refractivity contribution in [2.75, 3.05) is 6.61 Å². The Morgan fingerprint density at radius 2 is 1.42 bits per heavy atom. The van der Waals surface area contributed by atoms with Gasteiger partial charge in [0, 0.05) is 6.92 Å². The Kier molecular flexibility index (Phi) is 15.6. The van der Waals surface area contributed by atoms with Crippen LogP contribution in [0.5, 0.6) is 0 Å². The summed E-state index contributed by atoms with van der Waals surface area (Å²) in [5.41, 5.74) is -0.246. The van der Waals surface area contributed by atoms with Crippen LogP contribution < -0.4 is 5.32 Å². The number of carbonyl (C=O) groups is 6. The molecule has 2 aliphatic rings. The Balaban J connectivity index is 1.67. The topological polar surface area (TPSA) is 178 Å². The van der Waals surface area contributed by atoms with E-state index in [9.17, 15) is 33.9 Å². The van der Waals surface area contributed by atoms with E-state index < -0.39 is 102 Å². The lowest BCUT2D eigenvalue weighted by Crippen LogP contribution is -2.72. The second kappa shape index (κ2) is 19.8. The quantitative estimate of drug-likeness (QED) is 0.0554. The number of fused-ring (bicyclic) bond motifs is 1. The van der Waals surface area contributed by atoms with Crippen molar-refractivity contribution >= 4 is 90.4 Å². The predicted molar refractivity (Wildman–Crippen MR) is 235 cm³/mol. The number of aliphatic hydroxyl groups excluding tert-OH is 1. The fraction of sp³-hybridized carbons (Fsp3) is 0.442. The third kappa shape index (κ3) is 10.3. The minimum absolute atomic E-state index is 0.0252. The predicted octanol–water partition coefficient (Wildman–Crippen LogP) is 8.31. The molecule has 3 aromatic rings. The van der Waals surface area contributed by atoms with Gasteiger partial charge in [-0.05, 0) is 48.2 Å². The number of hydrogen-bond acceptors (Lipinski definition) is 11. The minimum atomic E-state index is -2.62. The molecule has 5 rings (SSSR count). The number of aliphatic hydroxyl groups is 1. The van der Waals surface area contributed by atoms with E-state index in [0.717, 1.165) is 6.92 Å². The first-order chi connectivity index (χ1) is 29.0. The lowest BCUT2D eigenvalue weighted by Gasteiger charge is -2.50. The van der Waals surface area contributed by atoms with Crippen LogP contribution in [0.1, 0.15) is 84.6 Å². The molecule has 62 heavy (non-hydrogen) atoms. The van der Waals surface area contributed by atoms with Crippen molar-refractivity contribution in [3.05, 3.63) is 103 Å². The van der Waals surface area contributed by atoms with Crippen LogP contribution in [0.15, 0.2) is 60.7 Å². The summed E-state index contributed by atoms with van der Waals surface area (Å²) < 4.78 is 24.4. The van der Waals surface area contributed by atoms with E-state index in [-0.39, 0.29) is 46.2 Å². The molecule has 2 heterocycles. The summed E-state index contributed by atoms with van der Waals surface area (Å²) in [5, 5.41) is 12.9. The summed E-state index contributed by atoms with van der Waals surface area (Å²) >= 11 is 25.8. The summed E-state index contributed by atoms with van der Waals surface area (Å²) in [7, 11) is -2.62. The van der Waals surface area contributed by atoms with Crippen LogP contribution in [0.2, 0.25) is 38.2 Å². The number of amides is 5. The van der Waals surface area contributed by atoms with Gasteiger partial charge >= 0.3 is 12.1 Å². The average Bonchev–Trinajstić information content (AvgIpc) is 3.47. The highest BCUT2D eigenvalue weighted by molar-refractivity contribution is 6.74. The van der Waals surface area contributed by atoms with Crippen molar-refractivity contribution in [2.24, 2.45) is 5.92 Å². The molecular weight excluding hydrogens is 904 g/mol. The van der Waals surface area contributed by atoms with Gasteiger partial charge in [0.1, 0.15) is 30.9 Å². The van der Waals surface area contributed by atoms with Gasteiger partial charge in [0.25, 0.3) is 17.7 Å². The Morgan fingerprint density at radius 1 is 0.887 bits per heavy atom. The largest absolute Gasteiger partial charge is 0.453 e. The van der Waals surface area contributed by atoms with Crippen LogP contribution in [0.4, 0.5) is 4.79 Å². The van der Waals surface area contributed by atoms with E-state index in [1.807, 2.05) is 33.9 Å². The fourth-order valence-electron chi connectivity index (χ4n) is 6.82. The van der Waals surface area contributed by atoms with E-state index in [1.165, 1.54) is 12.1 Å². The molecule has 6 atom stereocenters. The fourth-order valence-corrected chi connectivity index (χ4v) is 8.85. The van der Waals surface area contributed by atoms with Gasteiger partial charge in [-0.1, -0.05) is 130 Å². The molecule has 334 valence electrons. The normalized spacial score (nSPS) is 20.7. The number of imide groups is 2. The zero-order chi connectivity index (χ0) is 46.0. The molecule has 0 unspecified atom stereocenters. The number of alkyl carbamates (subject to hydrolysis) is 1. The van der Waals surface area contributed by atoms with Crippen LogP contribution in [-0.4, -0.2) is 102 Å². The van der Waals surface area contributed by atoms with Gasteiger partial charge in [0.2, 0.25) is 5.91 Å². The highest BCUT2D eigenvalue weighted by Crippen LogP contribution is 2.47. The molecule has 0 aliphatic carbocycles.